The molecule has 0 aliphatic heterocycles. The van der Waals surface area contributed by atoms with Crippen molar-refractivity contribution in [3.05, 3.63) is 24.4 Å². The average Bonchev–Trinajstić information content (AvgIpc) is 3.12. The molecular formula is C12H18N2OS. The topological polar surface area (TPSA) is 45.2 Å². The third-order valence-electron chi connectivity index (χ3n) is 2.66. The van der Waals surface area contributed by atoms with E-state index >= 15 is 0 Å². The van der Waals surface area contributed by atoms with E-state index in [0.29, 0.717) is 6.04 Å². The zero-order valence-electron chi connectivity index (χ0n) is 9.52. The SMILES string of the molecule is CC(CO)(CSc1ccccn1)NC1CC1. The van der Waals surface area contributed by atoms with E-state index in [1.807, 2.05) is 18.2 Å². The Morgan fingerprint density at radius 3 is 2.94 bits per heavy atom. The first-order valence-corrected chi connectivity index (χ1v) is 6.63. The standard InChI is InChI=1S/C12H18N2OS/c1-12(8-15,14-10-5-6-10)9-16-11-4-2-3-7-13-11/h2-4,7,10,14-15H,5-6,8-9H2,1H3. The highest BCUT2D eigenvalue weighted by atomic mass is 32.2. The van der Waals surface area contributed by atoms with Crippen molar-refractivity contribution in [1.29, 1.82) is 0 Å². The second kappa shape index (κ2) is 5.17. The Hall–Kier alpha value is -0.580. The maximum atomic E-state index is 9.44. The number of nitrogens with one attached hydrogen (secondary N) is 1. The highest BCUT2D eigenvalue weighted by molar-refractivity contribution is 7.99. The molecule has 0 amide bonds. The molecule has 1 aromatic heterocycles. The van der Waals surface area contributed by atoms with Crippen molar-refractivity contribution in [2.75, 3.05) is 12.4 Å². The molecule has 1 aliphatic carbocycles. The van der Waals surface area contributed by atoms with Crippen LogP contribution in [0.4, 0.5) is 0 Å². The Bertz CT molecular complexity index is 329. The van der Waals surface area contributed by atoms with E-state index in [1.54, 1.807) is 18.0 Å². The maximum Gasteiger partial charge on any atom is 0.0960 e. The molecule has 1 atom stereocenters. The Kier molecular flexibility index (Phi) is 3.84. The molecule has 2 N–H and O–H groups in total. The number of rotatable bonds is 6. The van der Waals surface area contributed by atoms with Gasteiger partial charge in [-0.25, -0.2) is 4.98 Å². The highest BCUT2D eigenvalue weighted by Crippen LogP contribution is 2.26. The molecule has 0 radical (unpaired) electrons. The number of aromatic nitrogens is 1. The zero-order valence-corrected chi connectivity index (χ0v) is 10.3. The minimum Gasteiger partial charge on any atom is -0.394 e. The molecule has 1 heterocycles. The number of thioether (sulfide) groups is 1. The summed E-state index contributed by atoms with van der Waals surface area (Å²) in [6.07, 6.45) is 4.28. The van der Waals surface area contributed by atoms with Gasteiger partial charge in [-0.2, -0.15) is 0 Å². The Balaban J connectivity index is 1.86. The van der Waals surface area contributed by atoms with Gasteiger partial charge in [-0.1, -0.05) is 6.07 Å². The van der Waals surface area contributed by atoms with E-state index in [0.717, 1.165) is 10.8 Å². The molecule has 3 nitrogen and oxygen atoms in total. The molecule has 1 unspecified atom stereocenters. The van der Waals surface area contributed by atoms with Crippen LogP contribution in [0.15, 0.2) is 29.4 Å². The fourth-order valence-corrected chi connectivity index (χ4v) is 2.47. The van der Waals surface area contributed by atoms with Gasteiger partial charge >= 0.3 is 0 Å². The lowest BCUT2D eigenvalue weighted by atomic mass is 10.1. The Morgan fingerprint density at radius 2 is 2.38 bits per heavy atom. The lowest BCUT2D eigenvalue weighted by Crippen LogP contribution is -2.49. The van der Waals surface area contributed by atoms with Gasteiger partial charge in [-0.3, -0.25) is 0 Å². The molecule has 1 aliphatic rings. The van der Waals surface area contributed by atoms with E-state index in [1.165, 1.54) is 12.8 Å². The van der Waals surface area contributed by atoms with Crippen molar-refractivity contribution >= 4 is 11.8 Å². The molecule has 88 valence electrons. The minimum absolute atomic E-state index is 0.170. The summed E-state index contributed by atoms with van der Waals surface area (Å²) in [6.45, 7) is 2.24. The van der Waals surface area contributed by atoms with Crippen LogP contribution in [-0.4, -0.2) is 34.0 Å². The summed E-state index contributed by atoms with van der Waals surface area (Å²) in [5.74, 6) is 0.844. The monoisotopic (exact) mass is 238 g/mol. The number of aliphatic hydroxyl groups is 1. The maximum absolute atomic E-state index is 9.44. The number of hydrogen-bond acceptors (Lipinski definition) is 4. The summed E-state index contributed by atoms with van der Waals surface area (Å²) >= 11 is 1.69. The van der Waals surface area contributed by atoms with Crippen molar-refractivity contribution < 1.29 is 5.11 Å². The van der Waals surface area contributed by atoms with Gasteiger partial charge in [-0.15, -0.1) is 11.8 Å². The predicted molar refractivity (Wildman–Crippen MR) is 66.6 cm³/mol. The summed E-state index contributed by atoms with van der Waals surface area (Å²) in [6, 6.07) is 6.51. The van der Waals surface area contributed by atoms with Gasteiger partial charge in [-0.05, 0) is 31.9 Å². The van der Waals surface area contributed by atoms with Crippen LogP contribution >= 0.6 is 11.8 Å². The molecule has 0 aromatic carbocycles. The summed E-state index contributed by atoms with van der Waals surface area (Å²) < 4.78 is 0. The number of nitrogens with zero attached hydrogens (tertiary/aromatic N) is 1. The van der Waals surface area contributed by atoms with Gasteiger partial charge in [0, 0.05) is 23.5 Å². The van der Waals surface area contributed by atoms with Crippen molar-refractivity contribution in [3.63, 3.8) is 0 Å². The first-order chi connectivity index (χ1) is 7.72. The number of pyridine rings is 1. The number of hydrogen-bond donors (Lipinski definition) is 2. The van der Waals surface area contributed by atoms with Gasteiger partial charge in [0.1, 0.15) is 0 Å². The van der Waals surface area contributed by atoms with Gasteiger partial charge in [0.25, 0.3) is 0 Å². The van der Waals surface area contributed by atoms with Crippen LogP contribution in [0.2, 0.25) is 0 Å². The van der Waals surface area contributed by atoms with Crippen LogP contribution in [0, 0.1) is 0 Å². The van der Waals surface area contributed by atoms with Crippen molar-refractivity contribution in [2.24, 2.45) is 0 Å². The third kappa shape index (κ3) is 3.47. The fraction of sp³-hybridized carbons (Fsp3) is 0.583. The van der Waals surface area contributed by atoms with E-state index in [4.69, 9.17) is 0 Å². The molecule has 1 aromatic rings. The van der Waals surface area contributed by atoms with Gasteiger partial charge in [0.05, 0.1) is 11.6 Å². The second-order valence-electron chi connectivity index (χ2n) is 4.59. The Labute approximate surface area is 101 Å². The van der Waals surface area contributed by atoms with Crippen LogP contribution in [-0.2, 0) is 0 Å². The largest absolute Gasteiger partial charge is 0.394 e. The van der Waals surface area contributed by atoms with Crippen LogP contribution < -0.4 is 5.32 Å². The van der Waals surface area contributed by atoms with E-state index in [-0.39, 0.29) is 12.1 Å². The van der Waals surface area contributed by atoms with Crippen molar-refractivity contribution in [1.82, 2.24) is 10.3 Å². The number of aliphatic hydroxyl groups excluding tert-OH is 1. The minimum atomic E-state index is -0.191. The normalized spacial score (nSPS) is 19.4. The smallest absolute Gasteiger partial charge is 0.0960 e. The first kappa shape index (κ1) is 11.9. The summed E-state index contributed by atoms with van der Waals surface area (Å²) in [4.78, 5) is 4.26. The van der Waals surface area contributed by atoms with Crippen LogP contribution in [0.5, 0.6) is 0 Å². The van der Waals surface area contributed by atoms with E-state index in [9.17, 15) is 5.11 Å². The quantitative estimate of drug-likeness (QED) is 0.740. The van der Waals surface area contributed by atoms with Crippen LogP contribution in [0.1, 0.15) is 19.8 Å². The predicted octanol–water partition coefficient (Wildman–Crippen LogP) is 1.68. The molecule has 0 spiro atoms. The van der Waals surface area contributed by atoms with Crippen LogP contribution in [0.3, 0.4) is 0 Å². The first-order valence-electron chi connectivity index (χ1n) is 5.64. The van der Waals surface area contributed by atoms with Crippen molar-refractivity contribution in [3.8, 4) is 0 Å². The molecule has 1 fully saturated rings. The highest BCUT2D eigenvalue weighted by Gasteiger charge is 2.32. The molecule has 2 rings (SSSR count). The fourth-order valence-electron chi connectivity index (χ4n) is 1.52. The van der Waals surface area contributed by atoms with E-state index in [2.05, 4.69) is 17.2 Å². The third-order valence-corrected chi connectivity index (χ3v) is 3.97. The van der Waals surface area contributed by atoms with Crippen LogP contribution in [0.25, 0.3) is 0 Å². The molecular weight excluding hydrogens is 220 g/mol. The lowest BCUT2D eigenvalue weighted by molar-refractivity contribution is 0.190. The molecule has 4 heteroatoms. The molecule has 0 saturated heterocycles. The molecule has 0 bridgehead atoms. The summed E-state index contributed by atoms with van der Waals surface area (Å²) in [5.41, 5.74) is -0.191. The van der Waals surface area contributed by atoms with E-state index < -0.39 is 0 Å². The summed E-state index contributed by atoms with van der Waals surface area (Å²) in [7, 11) is 0. The zero-order chi connectivity index (χ0) is 11.4. The molecule has 1 saturated carbocycles. The van der Waals surface area contributed by atoms with Gasteiger partial charge < -0.3 is 10.4 Å². The second-order valence-corrected chi connectivity index (χ2v) is 5.59. The van der Waals surface area contributed by atoms with Crippen molar-refractivity contribution in [2.45, 2.75) is 36.4 Å². The lowest BCUT2D eigenvalue weighted by Gasteiger charge is -2.28. The average molecular weight is 238 g/mol. The van der Waals surface area contributed by atoms with Gasteiger partial charge in [0.15, 0.2) is 0 Å². The summed E-state index contributed by atoms with van der Waals surface area (Å²) in [5, 5.41) is 13.9. The van der Waals surface area contributed by atoms with Gasteiger partial charge in [0.2, 0.25) is 0 Å². The Morgan fingerprint density at radius 1 is 1.56 bits per heavy atom. The molecule has 16 heavy (non-hydrogen) atoms.